The molecule has 4 atom stereocenters. The number of sulfonamides is 1. The molecule has 0 unspecified atom stereocenters. The Kier molecular flexibility index (Phi) is 5.69. The monoisotopic (exact) mass is 493 g/mol. The highest BCUT2D eigenvalue weighted by molar-refractivity contribution is 7.89. The highest BCUT2D eigenvalue weighted by Crippen LogP contribution is 2.35. The molecule has 2 aliphatic heterocycles. The summed E-state index contributed by atoms with van der Waals surface area (Å²) in [5.41, 5.74) is 1.10. The van der Waals surface area contributed by atoms with Crippen molar-refractivity contribution in [2.24, 2.45) is 0 Å². The zero-order valence-electron chi connectivity index (χ0n) is 18.6. The first-order valence-electron chi connectivity index (χ1n) is 11.3. The minimum atomic E-state index is -3.84. The third-order valence-corrected chi connectivity index (χ3v) is 7.77. The molecule has 35 heavy (non-hydrogen) atoms. The molecule has 6 rings (SSSR count). The predicted molar refractivity (Wildman–Crippen MR) is 125 cm³/mol. The summed E-state index contributed by atoms with van der Waals surface area (Å²) in [4.78, 5) is 4.40. The Hall–Kier alpha value is -3.38. The van der Waals surface area contributed by atoms with E-state index in [-0.39, 0.29) is 30.3 Å². The fourth-order valence-corrected chi connectivity index (χ4v) is 5.99. The lowest BCUT2D eigenvalue weighted by molar-refractivity contribution is 0.0624. The Morgan fingerprint density at radius 2 is 1.83 bits per heavy atom. The fraction of sp³-hybridized carbons (Fsp3) is 0.292. The molecule has 2 saturated heterocycles. The Bertz CT molecular complexity index is 1440. The van der Waals surface area contributed by atoms with Crippen LogP contribution in [0.15, 0.2) is 78.0 Å². The first-order chi connectivity index (χ1) is 17.1. The van der Waals surface area contributed by atoms with Crippen molar-refractivity contribution < 1.29 is 22.6 Å². The lowest BCUT2D eigenvalue weighted by Crippen LogP contribution is -2.44. The predicted octanol–water partition coefficient (Wildman–Crippen LogP) is 2.09. The van der Waals surface area contributed by atoms with Gasteiger partial charge >= 0.3 is 0 Å². The van der Waals surface area contributed by atoms with Crippen molar-refractivity contribution in [3.05, 3.63) is 78.8 Å². The van der Waals surface area contributed by atoms with Crippen molar-refractivity contribution in [2.75, 3.05) is 13.2 Å². The van der Waals surface area contributed by atoms with E-state index in [2.05, 4.69) is 20.0 Å². The van der Waals surface area contributed by atoms with Crippen LogP contribution < -0.4 is 9.46 Å². The zero-order valence-corrected chi connectivity index (χ0v) is 19.4. The first kappa shape index (κ1) is 22.1. The molecule has 11 heteroatoms. The standard InChI is InChI=1S/C24H23N5O5S/c30-35(31,21-10-4-6-16-7-5-11-25-22(16)21)27-19-14-33-24-20(15-34-23(19)24)29-12-17(26-28-29)13-32-18-8-2-1-3-9-18/h1-12,19-20,23-24,27H,13-15H2/t19-,20-,23+,24+/m0/s1. The van der Waals surface area contributed by atoms with Gasteiger partial charge in [-0.1, -0.05) is 41.6 Å². The summed E-state index contributed by atoms with van der Waals surface area (Å²) in [6.45, 7) is 0.821. The van der Waals surface area contributed by atoms with Gasteiger partial charge in [-0.05, 0) is 24.3 Å². The maximum atomic E-state index is 13.2. The van der Waals surface area contributed by atoms with Gasteiger partial charge in [-0.2, -0.15) is 0 Å². The van der Waals surface area contributed by atoms with Gasteiger partial charge < -0.3 is 14.2 Å². The molecule has 2 aromatic heterocycles. The number of aromatic nitrogens is 4. The van der Waals surface area contributed by atoms with Crippen LogP contribution in [0.3, 0.4) is 0 Å². The van der Waals surface area contributed by atoms with Gasteiger partial charge in [0.2, 0.25) is 10.0 Å². The Morgan fingerprint density at radius 3 is 2.71 bits per heavy atom. The maximum absolute atomic E-state index is 13.2. The Labute approximate surface area is 201 Å². The minimum Gasteiger partial charge on any atom is -0.487 e. The number of benzene rings is 2. The molecule has 0 amide bonds. The zero-order chi connectivity index (χ0) is 23.8. The summed E-state index contributed by atoms with van der Waals surface area (Å²) in [5, 5.41) is 9.18. The molecule has 180 valence electrons. The number of ether oxygens (including phenoxy) is 3. The number of rotatable bonds is 7. The van der Waals surface area contributed by atoms with E-state index in [9.17, 15) is 8.42 Å². The van der Waals surface area contributed by atoms with E-state index in [1.165, 1.54) is 0 Å². The van der Waals surface area contributed by atoms with Crippen LogP contribution >= 0.6 is 0 Å². The molecule has 4 heterocycles. The molecule has 10 nitrogen and oxygen atoms in total. The highest BCUT2D eigenvalue weighted by Gasteiger charge is 2.50. The van der Waals surface area contributed by atoms with Gasteiger partial charge in [0, 0.05) is 11.6 Å². The number of hydrogen-bond donors (Lipinski definition) is 1. The normalized spacial score (nSPS) is 24.0. The molecular weight excluding hydrogens is 470 g/mol. The van der Waals surface area contributed by atoms with E-state index in [4.69, 9.17) is 14.2 Å². The van der Waals surface area contributed by atoms with Gasteiger partial charge in [0.15, 0.2) is 0 Å². The van der Waals surface area contributed by atoms with Crippen LogP contribution in [0.1, 0.15) is 11.7 Å². The summed E-state index contributed by atoms with van der Waals surface area (Å²) in [7, 11) is -3.84. The molecule has 1 N–H and O–H groups in total. The third kappa shape index (κ3) is 4.27. The van der Waals surface area contributed by atoms with Crippen molar-refractivity contribution in [1.82, 2.24) is 24.7 Å². The van der Waals surface area contributed by atoms with Crippen LogP contribution in [0, 0.1) is 0 Å². The van der Waals surface area contributed by atoms with Crippen molar-refractivity contribution in [3.63, 3.8) is 0 Å². The van der Waals surface area contributed by atoms with Crippen LogP contribution in [0.25, 0.3) is 10.9 Å². The fourth-order valence-electron chi connectivity index (χ4n) is 4.58. The van der Waals surface area contributed by atoms with Crippen LogP contribution in [0.5, 0.6) is 5.75 Å². The third-order valence-electron chi connectivity index (χ3n) is 6.25. The first-order valence-corrected chi connectivity index (χ1v) is 12.7. The number of pyridine rings is 1. The number of nitrogens with zero attached hydrogens (tertiary/aromatic N) is 4. The van der Waals surface area contributed by atoms with Crippen molar-refractivity contribution >= 4 is 20.9 Å². The second kappa shape index (κ2) is 9.00. The van der Waals surface area contributed by atoms with Gasteiger partial charge in [0.05, 0.1) is 31.0 Å². The van der Waals surface area contributed by atoms with Crippen molar-refractivity contribution in [1.29, 1.82) is 0 Å². The van der Waals surface area contributed by atoms with Gasteiger partial charge in [0.25, 0.3) is 0 Å². The molecule has 4 aromatic rings. The second-order valence-electron chi connectivity index (χ2n) is 8.51. The van der Waals surface area contributed by atoms with Crippen molar-refractivity contribution in [2.45, 2.75) is 35.8 Å². The Morgan fingerprint density at radius 1 is 1.00 bits per heavy atom. The smallest absolute Gasteiger partial charge is 0.243 e. The summed E-state index contributed by atoms with van der Waals surface area (Å²) in [6.07, 6.45) is 2.60. The van der Waals surface area contributed by atoms with E-state index in [1.54, 1.807) is 29.1 Å². The number of para-hydroxylation sites is 2. The summed E-state index contributed by atoms with van der Waals surface area (Å²) in [5.74, 6) is 0.752. The van der Waals surface area contributed by atoms with Crippen LogP contribution in [-0.2, 0) is 26.1 Å². The van der Waals surface area contributed by atoms with Gasteiger partial charge in [0.1, 0.15) is 41.2 Å². The average Bonchev–Trinajstić information content (AvgIpc) is 3.61. The number of hydrogen-bond acceptors (Lipinski definition) is 8. The molecule has 2 aromatic carbocycles. The van der Waals surface area contributed by atoms with E-state index in [0.29, 0.717) is 17.8 Å². The lowest BCUT2D eigenvalue weighted by Gasteiger charge is -2.18. The summed E-state index contributed by atoms with van der Waals surface area (Å²) < 4.78 is 48.6. The topological polar surface area (TPSA) is 117 Å². The molecule has 2 aliphatic rings. The molecule has 0 spiro atoms. The largest absolute Gasteiger partial charge is 0.487 e. The molecule has 0 bridgehead atoms. The average molecular weight is 494 g/mol. The van der Waals surface area contributed by atoms with E-state index >= 15 is 0 Å². The van der Waals surface area contributed by atoms with E-state index in [0.717, 1.165) is 11.1 Å². The number of fused-ring (bicyclic) bond motifs is 2. The summed E-state index contributed by atoms with van der Waals surface area (Å²) >= 11 is 0. The van der Waals surface area contributed by atoms with Gasteiger partial charge in [-0.15, -0.1) is 5.10 Å². The van der Waals surface area contributed by atoms with Gasteiger partial charge in [-0.3, -0.25) is 4.98 Å². The summed E-state index contributed by atoms with van der Waals surface area (Å²) in [6, 6.07) is 17.4. The van der Waals surface area contributed by atoms with E-state index in [1.807, 2.05) is 48.7 Å². The highest BCUT2D eigenvalue weighted by atomic mass is 32.2. The van der Waals surface area contributed by atoms with Crippen LogP contribution in [0.4, 0.5) is 0 Å². The second-order valence-corrected chi connectivity index (χ2v) is 10.2. The maximum Gasteiger partial charge on any atom is 0.243 e. The van der Waals surface area contributed by atoms with Crippen molar-refractivity contribution in [3.8, 4) is 5.75 Å². The Balaban J connectivity index is 1.14. The van der Waals surface area contributed by atoms with Crippen LogP contribution in [0.2, 0.25) is 0 Å². The molecule has 0 radical (unpaired) electrons. The van der Waals surface area contributed by atoms with Crippen LogP contribution in [-0.4, -0.2) is 59.9 Å². The minimum absolute atomic E-state index is 0.132. The molecule has 0 saturated carbocycles. The molecule has 0 aliphatic carbocycles. The quantitative estimate of drug-likeness (QED) is 0.416. The molecular formula is C24H23N5O5S. The lowest BCUT2D eigenvalue weighted by atomic mass is 10.1. The molecule has 2 fully saturated rings. The SMILES string of the molecule is O=S(=O)(N[C@H]1CO[C@H]2[C@@H]1OC[C@@H]2n1cc(COc2ccccc2)nn1)c1cccc2cccnc12. The van der Waals surface area contributed by atoms with E-state index < -0.39 is 22.2 Å². The number of nitrogens with one attached hydrogen (secondary N) is 1. The van der Waals surface area contributed by atoms with Gasteiger partial charge in [-0.25, -0.2) is 17.8 Å².